The summed E-state index contributed by atoms with van der Waals surface area (Å²) in [5, 5.41) is 14.1. The predicted octanol–water partition coefficient (Wildman–Crippen LogP) is 0.858. The Balaban J connectivity index is 1.39. The fourth-order valence-electron chi connectivity index (χ4n) is 4.74. The minimum absolute atomic E-state index is 0.148. The number of nitrogens with one attached hydrogen (secondary N) is 2. The summed E-state index contributed by atoms with van der Waals surface area (Å²) >= 11 is 0. The zero-order valence-corrected chi connectivity index (χ0v) is 25.9. The standard InChI is InChI=1S/C30H50N2O12/c1-37-10-11-39-14-15-41-18-19-43-21-20-42-17-16-40-13-12-38-9-8-31-29(35)27(22-28(33)34)32-30(36)44-23-26-24-6-4-2-3-5-7-25(24)26/h24-27H,4-23H2,1H3,(H,31,35)(H,32,36)(H,33,34)/t24-,25+,26?,27-/m0/s1. The molecule has 0 aromatic heterocycles. The van der Waals surface area contributed by atoms with Gasteiger partial charge in [0.15, 0.2) is 0 Å². The SMILES string of the molecule is COCCOCCOCCOCCOCCOCCOCCNC(=O)[C@H](CC(=O)O)NC(=O)OCC1[C@H]2CCC#CCC[C@@H]12. The van der Waals surface area contributed by atoms with Crippen LogP contribution in [0.3, 0.4) is 0 Å². The van der Waals surface area contributed by atoms with Crippen molar-refractivity contribution in [1.29, 1.82) is 0 Å². The van der Waals surface area contributed by atoms with Gasteiger partial charge in [-0.15, -0.1) is 11.8 Å². The molecule has 0 saturated heterocycles. The van der Waals surface area contributed by atoms with Crippen molar-refractivity contribution in [2.75, 3.05) is 106 Å². The van der Waals surface area contributed by atoms with E-state index in [9.17, 15) is 14.4 Å². The summed E-state index contributed by atoms with van der Waals surface area (Å²) < 4.78 is 42.6. The molecular weight excluding hydrogens is 580 g/mol. The second-order valence-corrected chi connectivity index (χ2v) is 10.3. The van der Waals surface area contributed by atoms with Crippen LogP contribution in [0.4, 0.5) is 4.79 Å². The molecule has 0 heterocycles. The highest BCUT2D eigenvalue weighted by molar-refractivity contribution is 5.89. The first kappa shape index (κ1) is 37.7. The number of carboxylic acids is 1. The number of fused-ring (bicyclic) bond motifs is 1. The van der Waals surface area contributed by atoms with E-state index in [1.54, 1.807) is 7.11 Å². The number of hydrogen-bond acceptors (Lipinski definition) is 11. The Morgan fingerprint density at radius 1 is 0.727 bits per heavy atom. The van der Waals surface area contributed by atoms with E-state index in [1.165, 1.54) is 0 Å². The van der Waals surface area contributed by atoms with Crippen LogP contribution in [0, 0.1) is 29.6 Å². The van der Waals surface area contributed by atoms with Crippen LogP contribution < -0.4 is 10.6 Å². The van der Waals surface area contributed by atoms with Crippen LogP contribution in [0.15, 0.2) is 0 Å². The number of carboxylic acid groups (broad SMARTS) is 1. The molecule has 0 spiro atoms. The number of carbonyl (C=O) groups excluding carboxylic acids is 2. The third-order valence-electron chi connectivity index (χ3n) is 7.07. The van der Waals surface area contributed by atoms with Gasteiger partial charge in [0.2, 0.25) is 5.91 Å². The quantitative estimate of drug-likeness (QED) is 0.0866. The summed E-state index contributed by atoms with van der Waals surface area (Å²) in [5.74, 6) is 5.77. The first-order chi connectivity index (χ1) is 21.5. The molecule has 1 saturated carbocycles. The van der Waals surface area contributed by atoms with Gasteiger partial charge in [-0.3, -0.25) is 9.59 Å². The molecule has 14 heteroatoms. The second kappa shape index (κ2) is 24.8. The van der Waals surface area contributed by atoms with Crippen LogP contribution >= 0.6 is 0 Å². The van der Waals surface area contributed by atoms with Gasteiger partial charge in [-0.2, -0.15) is 0 Å². The molecule has 0 bridgehead atoms. The van der Waals surface area contributed by atoms with Crippen molar-refractivity contribution in [1.82, 2.24) is 10.6 Å². The van der Waals surface area contributed by atoms with Gasteiger partial charge in [0.05, 0.1) is 98.9 Å². The second-order valence-electron chi connectivity index (χ2n) is 10.3. The highest BCUT2D eigenvalue weighted by Crippen LogP contribution is 2.52. The van der Waals surface area contributed by atoms with E-state index in [4.69, 9.17) is 43.0 Å². The average molecular weight is 631 g/mol. The molecule has 2 rings (SSSR count). The van der Waals surface area contributed by atoms with Crippen LogP contribution in [0.5, 0.6) is 0 Å². The number of methoxy groups -OCH3 is 1. The molecule has 2 aliphatic carbocycles. The van der Waals surface area contributed by atoms with Gasteiger partial charge in [0, 0.05) is 26.5 Å². The molecule has 2 amide bonds. The predicted molar refractivity (Wildman–Crippen MR) is 157 cm³/mol. The minimum Gasteiger partial charge on any atom is -0.481 e. The molecule has 2 aliphatic rings. The highest BCUT2D eigenvalue weighted by atomic mass is 16.6. The van der Waals surface area contributed by atoms with Gasteiger partial charge in [-0.05, 0) is 30.6 Å². The zero-order chi connectivity index (χ0) is 31.7. The topological polar surface area (TPSA) is 169 Å². The first-order valence-corrected chi connectivity index (χ1v) is 15.4. The van der Waals surface area contributed by atoms with E-state index in [2.05, 4.69) is 22.5 Å². The third-order valence-corrected chi connectivity index (χ3v) is 7.07. The number of alkyl carbamates (subject to hydrolysis) is 1. The first-order valence-electron chi connectivity index (χ1n) is 15.4. The average Bonchev–Trinajstić information content (AvgIpc) is 3.64. The lowest BCUT2D eigenvalue weighted by atomic mass is 10.1. The maximum Gasteiger partial charge on any atom is 0.407 e. The van der Waals surface area contributed by atoms with Gasteiger partial charge in [0.25, 0.3) is 0 Å². The normalized spacial score (nSPS) is 19.4. The number of ether oxygens (including phenoxy) is 8. The van der Waals surface area contributed by atoms with E-state index in [0.29, 0.717) is 97.0 Å². The monoisotopic (exact) mass is 630 g/mol. The molecule has 0 radical (unpaired) electrons. The molecule has 252 valence electrons. The molecule has 3 N–H and O–H groups in total. The summed E-state index contributed by atoms with van der Waals surface area (Å²) in [5.41, 5.74) is 0. The fourth-order valence-corrected chi connectivity index (χ4v) is 4.74. The number of aliphatic carboxylic acids is 1. The molecule has 44 heavy (non-hydrogen) atoms. The summed E-state index contributed by atoms with van der Waals surface area (Å²) in [6, 6.07) is -1.25. The lowest BCUT2D eigenvalue weighted by Crippen LogP contribution is -2.48. The van der Waals surface area contributed by atoms with Crippen LogP contribution in [-0.4, -0.2) is 135 Å². The molecule has 1 unspecified atom stereocenters. The lowest BCUT2D eigenvalue weighted by Gasteiger charge is -2.17. The summed E-state index contributed by atoms with van der Waals surface area (Å²) in [4.78, 5) is 36.0. The number of hydrogen-bond donors (Lipinski definition) is 3. The molecule has 0 aromatic carbocycles. The van der Waals surface area contributed by atoms with E-state index >= 15 is 0 Å². The van der Waals surface area contributed by atoms with Crippen LogP contribution in [-0.2, 0) is 47.5 Å². The van der Waals surface area contributed by atoms with Crippen molar-refractivity contribution in [2.24, 2.45) is 17.8 Å². The van der Waals surface area contributed by atoms with Crippen LogP contribution in [0.25, 0.3) is 0 Å². The minimum atomic E-state index is -1.25. The maximum absolute atomic E-state index is 12.5. The highest BCUT2D eigenvalue weighted by Gasteiger charge is 2.49. The van der Waals surface area contributed by atoms with Crippen molar-refractivity contribution < 1.29 is 57.4 Å². The number of amides is 2. The van der Waals surface area contributed by atoms with Gasteiger partial charge in [-0.25, -0.2) is 4.79 Å². The Morgan fingerprint density at radius 3 is 1.64 bits per heavy atom. The summed E-state index contributed by atoms with van der Waals surface area (Å²) in [6.07, 6.45) is 2.37. The molecule has 14 nitrogen and oxygen atoms in total. The Hall–Kier alpha value is -2.51. The molecule has 1 fully saturated rings. The van der Waals surface area contributed by atoms with Gasteiger partial charge in [-0.1, -0.05) is 0 Å². The van der Waals surface area contributed by atoms with E-state index in [-0.39, 0.29) is 19.8 Å². The van der Waals surface area contributed by atoms with Crippen LogP contribution in [0.1, 0.15) is 32.1 Å². The Bertz CT molecular complexity index is 847. The van der Waals surface area contributed by atoms with Gasteiger partial charge < -0.3 is 53.6 Å². The molecular formula is C30H50N2O12. The fraction of sp³-hybridized carbons (Fsp3) is 0.833. The summed E-state index contributed by atoms with van der Waals surface area (Å²) in [6.45, 7) is 6.15. The largest absolute Gasteiger partial charge is 0.481 e. The Labute approximate surface area is 260 Å². The molecule has 0 aromatic rings. The number of rotatable bonds is 27. The van der Waals surface area contributed by atoms with Crippen molar-refractivity contribution in [3.8, 4) is 11.8 Å². The summed E-state index contributed by atoms with van der Waals surface area (Å²) in [7, 11) is 1.63. The van der Waals surface area contributed by atoms with E-state index in [1.807, 2.05) is 0 Å². The third kappa shape index (κ3) is 18.3. The van der Waals surface area contributed by atoms with Crippen molar-refractivity contribution in [3.63, 3.8) is 0 Å². The van der Waals surface area contributed by atoms with E-state index < -0.39 is 30.4 Å². The van der Waals surface area contributed by atoms with Gasteiger partial charge >= 0.3 is 12.1 Å². The van der Waals surface area contributed by atoms with Crippen molar-refractivity contribution >= 4 is 18.0 Å². The van der Waals surface area contributed by atoms with Gasteiger partial charge in [0.1, 0.15) is 6.04 Å². The smallest absolute Gasteiger partial charge is 0.407 e. The van der Waals surface area contributed by atoms with Crippen molar-refractivity contribution in [3.05, 3.63) is 0 Å². The maximum atomic E-state index is 12.5. The number of carbonyl (C=O) groups is 3. The Morgan fingerprint density at radius 2 is 1.18 bits per heavy atom. The van der Waals surface area contributed by atoms with E-state index in [0.717, 1.165) is 25.7 Å². The van der Waals surface area contributed by atoms with Crippen molar-refractivity contribution in [2.45, 2.75) is 38.1 Å². The zero-order valence-electron chi connectivity index (χ0n) is 25.9. The molecule has 0 aliphatic heterocycles. The van der Waals surface area contributed by atoms with Crippen LogP contribution in [0.2, 0.25) is 0 Å². The lowest BCUT2D eigenvalue weighted by molar-refractivity contribution is -0.139. The Kier molecular flexibility index (Phi) is 21.2. The molecule has 4 atom stereocenters.